The van der Waals surface area contributed by atoms with Gasteiger partial charge in [-0.25, -0.2) is 4.39 Å². The van der Waals surface area contributed by atoms with Crippen LogP contribution < -0.4 is 0 Å². The van der Waals surface area contributed by atoms with Crippen molar-refractivity contribution in [3.05, 3.63) is 0 Å². The molecule has 3 heteroatoms. The molecule has 0 aromatic carbocycles. The second-order valence-corrected chi connectivity index (χ2v) is 8.21. The third kappa shape index (κ3) is 1.88. The Morgan fingerprint density at radius 2 is 1.76 bits per heavy atom. The molecule has 0 aromatic heterocycles. The second kappa shape index (κ2) is 4.63. The Morgan fingerprint density at radius 3 is 2.57 bits per heavy atom. The van der Waals surface area contributed by atoms with Crippen LogP contribution >= 0.6 is 0 Å². The Hall–Kier alpha value is -0.730. The van der Waals surface area contributed by atoms with Crippen molar-refractivity contribution in [1.29, 1.82) is 0 Å². The molecule has 0 aromatic rings. The van der Waals surface area contributed by atoms with E-state index in [4.69, 9.17) is 0 Å². The summed E-state index contributed by atoms with van der Waals surface area (Å²) >= 11 is 0. The average Bonchev–Trinajstić information content (AvgIpc) is 2.76. The molecule has 4 fully saturated rings. The average molecular weight is 292 g/mol. The summed E-state index contributed by atoms with van der Waals surface area (Å²) in [6, 6.07) is 0. The molecule has 116 valence electrons. The minimum absolute atomic E-state index is 0.0195. The first-order chi connectivity index (χ1) is 10.0. The molecular formula is C18H25FO2. The van der Waals surface area contributed by atoms with Crippen LogP contribution in [0.2, 0.25) is 0 Å². The van der Waals surface area contributed by atoms with Gasteiger partial charge in [-0.15, -0.1) is 0 Å². The second-order valence-electron chi connectivity index (χ2n) is 8.21. The van der Waals surface area contributed by atoms with E-state index in [1.807, 2.05) is 0 Å². The monoisotopic (exact) mass is 292 g/mol. The molecule has 3 unspecified atom stereocenters. The number of hydrogen-bond donors (Lipinski definition) is 0. The lowest BCUT2D eigenvalue weighted by molar-refractivity contribution is -0.138. The molecule has 4 saturated carbocycles. The lowest BCUT2D eigenvalue weighted by Gasteiger charge is -2.54. The van der Waals surface area contributed by atoms with Crippen LogP contribution in [0.5, 0.6) is 0 Å². The van der Waals surface area contributed by atoms with E-state index in [9.17, 15) is 14.0 Å². The van der Waals surface area contributed by atoms with Crippen molar-refractivity contribution in [2.24, 2.45) is 35.0 Å². The predicted octanol–water partition coefficient (Wildman–Crippen LogP) is 3.73. The normalized spacial score (nSPS) is 53.0. The van der Waals surface area contributed by atoms with Crippen LogP contribution in [0.4, 0.5) is 4.39 Å². The van der Waals surface area contributed by atoms with Crippen molar-refractivity contribution in [2.45, 2.75) is 64.5 Å². The number of carbonyl (C=O) groups excluding carboxylic acids is 2. The fourth-order valence-electron chi connectivity index (χ4n) is 6.38. The summed E-state index contributed by atoms with van der Waals surface area (Å²) < 4.78 is 14.7. The molecule has 4 rings (SSSR count). The van der Waals surface area contributed by atoms with Crippen molar-refractivity contribution >= 4 is 11.6 Å². The summed E-state index contributed by atoms with van der Waals surface area (Å²) in [5, 5.41) is 0. The SMILES string of the molecule is C[C@]12CCC3[C@H]4CCC(=O)CC4[C@H](F)C[C@H]3C1CCC2=O. The van der Waals surface area contributed by atoms with Crippen LogP contribution in [0.3, 0.4) is 0 Å². The quantitative estimate of drug-likeness (QED) is 0.682. The molecule has 0 spiro atoms. The van der Waals surface area contributed by atoms with E-state index in [-0.39, 0.29) is 17.1 Å². The zero-order chi connectivity index (χ0) is 14.8. The van der Waals surface area contributed by atoms with E-state index in [1.54, 1.807) is 0 Å². The summed E-state index contributed by atoms with van der Waals surface area (Å²) in [4.78, 5) is 24.0. The number of rotatable bonds is 0. The van der Waals surface area contributed by atoms with Gasteiger partial charge in [-0.1, -0.05) is 6.92 Å². The highest BCUT2D eigenvalue weighted by Gasteiger charge is 2.58. The van der Waals surface area contributed by atoms with Gasteiger partial charge in [0.15, 0.2) is 0 Å². The molecule has 0 saturated heterocycles. The maximum Gasteiger partial charge on any atom is 0.139 e. The Bertz CT molecular complexity index is 488. The standard InChI is InChI=1S/C18H25FO2/c1-18-7-6-12-11-3-2-10(20)8-14(11)16(19)9-13(12)15(18)4-5-17(18)21/h11-16H,2-9H2,1H3/t11-,12?,13-,14?,15?,16-,18+/m1/s1. The molecule has 4 aliphatic rings. The molecule has 0 radical (unpaired) electrons. The van der Waals surface area contributed by atoms with Gasteiger partial charge in [0.05, 0.1) is 0 Å². The first-order valence-corrected chi connectivity index (χ1v) is 8.70. The zero-order valence-electron chi connectivity index (χ0n) is 12.8. The van der Waals surface area contributed by atoms with Crippen LogP contribution in [0.1, 0.15) is 58.3 Å². The third-order valence-corrected chi connectivity index (χ3v) is 7.48. The Kier molecular flexibility index (Phi) is 3.07. The van der Waals surface area contributed by atoms with Gasteiger partial charge in [-0.3, -0.25) is 9.59 Å². The van der Waals surface area contributed by atoms with Gasteiger partial charge >= 0.3 is 0 Å². The fraction of sp³-hybridized carbons (Fsp3) is 0.889. The number of fused-ring (bicyclic) bond motifs is 5. The maximum atomic E-state index is 14.7. The first-order valence-electron chi connectivity index (χ1n) is 8.70. The molecule has 21 heavy (non-hydrogen) atoms. The van der Waals surface area contributed by atoms with Gasteiger partial charge in [0.2, 0.25) is 0 Å². The summed E-state index contributed by atoms with van der Waals surface area (Å²) in [5.41, 5.74) is -0.168. The smallest absolute Gasteiger partial charge is 0.139 e. The van der Waals surface area contributed by atoms with Crippen molar-refractivity contribution in [2.75, 3.05) is 0 Å². The predicted molar refractivity (Wildman–Crippen MR) is 77.4 cm³/mol. The topological polar surface area (TPSA) is 34.1 Å². The number of hydrogen-bond acceptors (Lipinski definition) is 2. The summed E-state index contributed by atoms with van der Waals surface area (Å²) in [6.45, 7) is 2.13. The highest BCUT2D eigenvalue weighted by atomic mass is 19.1. The van der Waals surface area contributed by atoms with Gasteiger partial charge < -0.3 is 0 Å². The first kappa shape index (κ1) is 13.9. The van der Waals surface area contributed by atoms with Crippen LogP contribution in [0.15, 0.2) is 0 Å². The Morgan fingerprint density at radius 1 is 1.00 bits per heavy atom. The number of Topliss-reactive ketones (excluding diaryl/α,β-unsaturated/α-hetero) is 2. The maximum absolute atomic E-state index is 14.7. The van der Waals surface area contributed by atoms with Gasteiger partial charge in [0.25, 0.3) is 0 Å². The highest BCUT2D eigenvalue weighted by molar-refractivity contribution is 5.87. The van der Waals surface area contributed by atoms with Gasteiger partial charge in [-0.2, -0.15) is 0 Å². The van der Waals surface area contributed by atoms with Crippen molar-refractivity contribution in [3.8, 4) is 0 Å². The van der Waals surface area contributed by atoms with Crippen molar-refractivity contribution in [3.63, 3.8) is 0 Å². The molecule has 0 N–H and O–H groups in total. The molecule has 2 nitrogen and oxygen atoms in total. The van der Waals surface area contributed by atoms with Crippen LogP contribution in [0.25, 0.3) is 0 Å². The fourth-order valence-corrected chi connectivity index (χ4v) is 6.38. The van der Waals surface area contributed by atoms with Crippen LogP contribution in [0, 0.1) is 35.0 Å². The van der Waals surface area contributed by atoms with Gasteiger partial charge in [0, 0.05) is 30.6 Å². The van der Waals surface area contributed by atoms with Gasteiger partial charge in [-0.05, 0) is 55.8 Å². The van der Waals surface area contributed by atoms with Crippen molar-refractivity contribution < 1.29 is 14.0 Å². The molecule has 4 aliphatic carbocycles. The van der Waals surface area contributed by atoms with Crippen LogP contribution in [-0.4, -0.2) is 17.7 Å². The molecule has 0 bridgehead atoms. The van der Waals surface area contributed by atoms with E-state index in [2.05, 4.69) is 6.92 Å². The van der Waals surface area contributed by atoms with Gasteiger partial charge in [0.1, 0.15) is 17.7 Å². The molecule has 0 aliphatic heterocycles. The lowest BCUT2D eigenvalue weighted by Crippen LogP contribution is -2.52. The van der Waals surface area contributed by atoms with E-state index < -0.39 is 6.17 Å². The van der Waals surface area contributed by atoms with Crippen LogP contribution in [-0.2, 0) is 9.59 Å². The lowest BCUT2D eigenvalue weighted by atomic mass is 9.50. The molecular weight excluding hydrogens is 267 g/mol. The van der Waals surface area contributed by atoms with Crippen molar-refractivity contribution in [1.82, 2.24) is 0 Å². The number of alkyl halides is 1. The molecule has 7 atom stereocenters. The van der Waals surface area contributed by atoms with E-state index in [0.717, 1.165) is 25.7 Å². The molecule has 0 heterocycles. The minimum Gasteiger partial charge on any atom is -0.300 e. The number of halogens is 1. The Balaban J connectivity index is 1.63. The number of carbonyl (C=O) groups is 2. The third-order valence-electron chi connectivity index (χ3n) is 7.48. The van der Waals surface area contributed by atoms with E-state index >= 15 is 0 Å². The van der Waals surface area contributed by atoms with E-state index in [0.29, 0.717) is 55.1 Å². The largest absolute Gasteiger partial charge is 0.300 e. The Labute approximate surface area is 125 Å². The van der Waals surface area contributed by atoms with E-state index in [1.165, 1.54) is 0 Å². The zero-order valence-corrected chi connectivity index (χ0v) is 12.8. The highest BCUT2D eigenvalue weighted by Crippen LogP contribution is 2.61. The summed E-state index contributed by atoms with van der Waals surface area (Å²) in [6.07, 6.45) is 5.53. The minimum atomic E-state index is -0.821. The summed E-state index contributed by atoms with van der Waals surface area (Å²) in [7, 11) is 0. The number of ketones is 2. The molecule has 0 amide bonds. The summed E-state index contributed by atoms with van der Waals surface area (Å²) in [5.74, 6) is 2.42.